The number of hydrazone groups is 1. The van der Waals surface area contributed by atoms with Gasteiger partial charge in [-0.15, -0.1) is 0 Å². The summed E-state index contributed by atoms with van der Waals surface area (Å²) in [6.45, 7) is 1.75. The van der Waals surface area contributed by atoms with Gasteiger partial charge in [0, 0.05) is 0 Å². The van der Waals surface area contributed by atoms with E-state index in [1.807, 2.05) is 6.07 Å². The fraction of sp³-hybridized carbons (Fsp3) is 0.0526. The van der Waals surface area contributed by atoms with Gasteiger partial charge in [-0.05, 0) is 31.2 Å². The van der Waals surface area contributed by atoms with E-state index in [2.05, 4.69) is 10.2 Å². The highest BCUT2D eigenvalue weighted by atomic mass is 35.5. The molecule has 0 saturated heterocycles. The van der Waals surface area contributed by atoms with Gasteiger partial charge in [-0.3, -0.25) is 9.59 Å². The van der Waals surface area contributed by atoms with Crippen molar-refractivity contribution in [1.82, 2.24) is 14.8 Å². The number of imide groups is 1. The van der Waals surface area contributed by atoms with Crippen molar-refractivity contribution < 1.29 is 9.59 Å². The lowest BCUT2D eigenvalue weighted by Gasteiger charge is -2.06. The predicted molar refractivity (Wildman–Crippen MR) is 103 cm³/mol. The number of benzene rings is 2. The molecule has 27 heavy (non-hydrogen) atoms. The summed E-state index contributed by atoms with van der Waals surface area (Å²) in [7, 11) is 0. The van der Waals surface area contributed by atoms with Crippen LogP contribution in [0.1, 0.15) is 32.0 Å². The van der Waals surface area contributed by atoms with Crippen molar-refractivity contribution >= 4 is 41.2 Å². The summed E-state index contributed by atoms with van der Waals surface area (Å²) in [6, 6.07) is 13.7. The number of hydrogen-bond acceptors (Lipinski definition) is 4. The SMILES string of the molecule is Cc1nn(-c2ccccc2Cl)c(Cl)c1C=NN1C(=O)c2ccccc2C1=O. The summed E-state index contributed by atoms with van der Waals surface area (Å²) in [5, 5.41) is 10.0. The molecule has 134 valence electrons. The van der Waals surface area contributed by atoms with Gasteiger partial charge in [0.25, 0.3) is 11.8 Å². The van der Waals surface area contributed by atoms with E-state index in [1.165, 1.54) is 10.9 Å². The van der Waals surface area contributed by atoms with Gasteiger partial charge < -0.3 is 0 Å². The van der Waals surface area contributed by atoms with E-state index in [9.17, 15) is 9.59 Å². The van der Waals surface area contributed by atoms with E-state index in [4.69, 9.17) is 23.2 Å². The Labute approximate surface area is 164 Å². The normalized spacial score (nSPS) is 13.7. The van der Waals surface area contributed by atoms with E-state index < -0.39 is 11.8 Å². The molecule has 0 aliphatic carbocycles. The predicted octanol–water partition coefficient (Wildman–Crippen LogP) is 4.12. The van der Waals surface area contributed by atoms with Crippen molar-refractivity contribution in [2.75, 3.05) is 0 Å². The largest absolute Gasteiger partial charge is 0.282 e. The molecule has 1 aromatic heterocycles. The monoisotopic (exact) mass is 398 g/mol. The number of carbonyl (C=O) groups is 2. The van der Waals surface area contributed by atoms with Gasteiger partial charge in [-0.25, -0.2) is 4.68 Å². The summed E-state index contributed by atoms with van der Waals surface area (Å²) in [6.07, 6.45) is 1.36. The summed E-state index contributed by atoms with van der Waals surface area (Å²) >= 11 is 12.7. The molecule has 0 spiro atoms. The molecule has 6 nitrogen and oxygen atoms in total. The van der Waals surface area contributed by atoms with Crippen LogP contribution in [0.5, 0.6) is 0 Å². The second-order valence-electron chi connectivity index (χ2n) is 5.87. The van der Waals surface area contributed by atoms with Crippen molar-refractivity contribution in [2.24, 2.45) is 5.10 Å². The van der Waals surface area contributed by atoms with Gasteiger partial charge in [-0.2, -0.15) is 15.2 Å². The van der Waals surface area contributed by atoms with Gasteiger partial charge in [0.15, 0.2) is 0 Å². The summed E-state index contributed by atoms with van der Waals surface area (Å²) in [4.78, 5) is 24.8. The zero-order valence-electron chi connectivity index (χ0n) is 14.1. The number of nitrogens with zero attached hydrogens (tertiary/aromatic N) is 4. The van der Waals surface area contributed by atoms with E-state index >= 15 is 0 Å². The first-order valence-electron chi connectivity index (χ1n) is 8.01. The summed E-state index contributed by atoms with van der Waals surface area (Å²) in [5.74, 6) is -0.946. The highest BCUT2D eigenvalue weighted by molar-refractivity contribution is 6.34. The molecular formula is C19H12Cl2N4O2. The molecule has 2 aromatic carbocycles. The number of aromatic nitrogens is 2. The molecule has 8 heteroatoms. The molecule has 0 unspecified atom stereocenters. The maximum absolute atomic E-state index is 12.4. The molecule has 1 aliphatic rings. The van der Waals surface area contributed by atoms with Crippen molar-refractivity contribution in [1.29, 1.82) is 0 Å². The fourth-order valence-corrected chi connectivity index (χ4v) is 3.37. The molecule has 0 atom stereocenters. The molecule has 2 amide bonds. The first-order valence-corrected chi connectivity index (χ1v) is 8.76. The number of fused-ring (bicyclic) bond motifs is 1. The lowest BCUT2D eigenvalue weighted by atomic mass is 10.1. The van der Waals surface area contributed by atoms with E-state index in [1.54, 1.807) is 49.4 Å². The van der Waals surface area contributed by atoms with Gasteiger partial charge in [0.1, 0.15) is 5.15 Å². The Morgan fingerprint density at radius 3 is 2.19 bits per heavy atom. The molecule has 3 aromatic rings. The highest BCUT2D eigenvalue weighted by Gasteiger charge is 2.35. The standard InChI is InChI=1S/C19H12Cl2N4O2/c1-11-14(17(21)24(23-11)16-9-5-4-8-15(16)20)10-22-25-18(26)12-6-2-3-7-13(12)19(25)27/h2-10H,1H3. The topological polar surface area (TPSA) is 67.6 Å². The average Bonchev–Trinajstić information content (AvgIpc) is 3.08. The third-order valence-electron chi connectivity index (χ3n) is 4.20. The molecule has 1 aliphatic heterocycles. The van der Waals surface area contributed by atoms with Crippen molar-refractivity contribution in [3.05, 3.63) is 81.1 Å². The zero-order valence-corrected chi connectivity index (χ0v) is 15.6. The van der Waals surface area contributed by atoms with Crippen LogP contribution in [0.15, 0.2) is 53.6 Å². The maximum atomic E-state index is 12.4. The molecular weight excluding hydrogens is 387 g/mol. The molecule has 2 heterocycles. The minimum atomic E-state index is -0.473. The zero-order chi connectivity index (χ0) is 19.1. The Bertz CT molecular complexity index is 1090. The molecule has 0 N–H and O–H groups in total. The third kappa shape index (κ3) is 2.83. The van der Waals surface area contributed by atoms with Gasteiger partial charge in [0.05, 0.1) is 39.3 Å². The van der Waals surface area contributed by atoms with Crippen molar-refractivity contribution in [3.8, 4) is 5.69 Å². The van der Waals surface area contributed by atoms with E-state index in [-0.39, 0.29) is 5.15 Å². The Kier molecular flexibility index (Phi) is 4.30. The van der Waals surface area contributed by atoms with Crippen LogP contribution in [0.3, 0.4) is 0 Å². The quantitative estimate of drug-likeness (QED) is 0.492. The van der Waals surface area contributed by atoms with Crippen LogP contribution >= 0.6 is 23.2 Å². The Balaban J connectivity index is 1.70. The van der Waals surface area contributed by atoms with Crippen LogP contribution in [-0.4, -0.2) is 32.8 Å². The smallest absolute Gasteiger partial charge is 0.267 e. The number of para-hydroxylation sites is 1. The van der Waals surface area contributed by atoms with Crippen molar-refractivity contribution in [3.63, 3.8) is 0 Å². The number of amides is 2. The fourth-order valence-electron chi connectivity index (χ4n) is 2.84. The lowest BCUT2D eigenvalue weighted by molar-refractivity contribution is 0.0660. The Morgan fingerprint density at radius 1 is 0.963 bits per heavy atom. The second kappa shape index (κ2) is 6.64. The third-order valence-corrected chi connectivity index (χ3v) is 4.89. The van der Waals surface area contributed by atoms with Crippen LogP contribution in [0.25, 0.3) is 5.69 Å². The van der Waals surface area contributed by atoms with Crippen LogP contribution in [-0.2, 0) is 0 Å². The number of aryl methyl sites for hydroxylation is 1. The minimum absolute atomic E-state index is 0.279. The summed E-state index contributed by atoms with van der Waals surface area (Å²) in [5.41, 5.74) is 2.35. The molecule has 0 bridgehead atoms. The van der Waals surface area contributed by atoms with Crippen LogP contribution in [0.2, 0.25) is 10.2 Å². The Morgan fingerprint density at radius 2 is 1.56 bits per heavy atom. The minimum Gasteiger partial charge on any atom is -0.267 e. The second-order valence-corrected chi connectivity index (χ2v) is 6.63. The molecule has 0 radical (unpaired) electrons. The highest BCUT2D eigenvalue weighted by Crippen LogP contribution is 2.27. The van der Waals surface area contributed by atoms with Gasteiger partial charge >= 0.3 is 0 Å². The maximum Gasteiger partial charge on any atom is 0.282 e. The molecule has 4 rings (SSSR count). The molecule has 0 fully saturated rings. The number of hydrogen-bond donors (Lipinski definition) is 0. The summed E-state index contributed by atoms with van der Waals surface area (Å²) < 4.78 is 1.49. The van der Waals surface area contributed by atoms with Crippen LogP contribution < -0.4 is 0 Å². The number of carbonyl (C=O) groups excluding carboxylic acids is 2. The van der Waals surface area contributed by atoms with Gasteiger partial charge in [0.2, 0.25) is 0 Å². The van der Waals surface area contributed by atoms with E-state index in [0.29, 0.717) is 33.1 Å². The van der Waals surface area contributed by atoms with Crippen molar-refractivity contribution in [2.45, 2.75) is 6.92 Å². The Hall–Kier alpha value is -2.96. The molecule has 0 saturated carbocycles. The van der Waals surface area contributed by atoms with Crippen LogP contribution in [0.4, 0.5) is 0 Å². The average molecular weight is 399 g/mol. The first-order chi connectivity index (χ1) is 13.0. The first kappa shape index (κ1) is 17.5. The van der Waals surface area contributed by atoms with E-state index in [0.717, 1.165) is 5.01 Å². The van der Waals surface area contributed by atoms with Crippen LogP contribution in [0, 0.1) is 6.92 Å². The number of rotatable bonds is 3. The number of halogens is 2. The lowest BCUT2D eigenvalue weighted by Crippen LogP contribution is -2.24. The van der Waals surface area contributed by atoms with Gasteiger partial charge in [-0.1, -0.05) is 47.5 Å².